The number of likely N-dealkylation sites (tertiary alicyclic amines) is 1. The second kappa shape index (κ2) is 10.00. The Labute approximate surface area is 203 Å². The lowest BCUT2D eigenvalue weighted by molar-refractivity contribution is -0.160. The summed E-state index contributed by atoms with van der Waals surface area (Å²) in [5, 5.41) is 0. The Morgan fingerprint density at radius 3 is 1.38 bits per heavy atom. The third kappa shape index (κ3) is 9.77. The average Bonchev–Trinajstić information content (AvgIpc) is 2.93. The molecule has 1 aliphatic rings. The van der Waals surface area contributed by atoms with E-state index >= 15 is 0 Å². The largest absolute Gasteiger partial charge is 0.458 e. The van der Waals surface area contributed by atoms with E-state index in [1.807, 2.05) is 0 Å². The summed E-state index contributed by atoms with van der Waals surface area (Å²) in [4.78, 5) is 54.0. The number of carbonyl (C=O) groups excluding carboxylic acids is 4. The normalized spacial score (nSPS) is 19.4. The van der Waals surface area contributed by atoms with E-state index in [0.717, 1.165) is 4.90 Å². The lowest BCUT2D eigenvalue weighted by Crippen LogP contribution is -2.50. The Morgan fingerprint density at radius 1 is 0.647 bits per heavy atom. The van der Waals surface area contributed by atoms with Gasteiger partial charge in [-0.1, -0.05) is 0 Å². The molecule has 1 aliphatic heterocycles. The maximum Gasteiger partial charge on any atom is 0.420 e. The smallest absolute Gasteiger partial charge is 0.420 e. The van der Waals surface area contributed by atoms with Gasteiger partial charge in [-0.2, -0.15) is 0 Å². The average molecular weight is 487 g/mol. The van der Waals surface area contributed by atoms with Crippen molar-refractivity contribution in [2.75, 3.05) is 6.54 Å². The summed E-state index contributed by atoms with van der Waals surface area (Å²) in [6.07, 6.45) is -2.66. The van der Waals surface area contributed by atoms with Crippen molar-refractivity contribution in [2.24, 2.45) is 0 Å². The first-order valence-corrected chi connectivity index (χ1v) is 11.5. The standard InChI is InChI=1S/C24H42N2O8/c1-21(2,3)31-17(27)16-13-15(14-25(16)18(28)32-22(4,5)6)26(19(29)33-23(7,8)9)20(30)34-24(10,11)12/h15-16H,13-14H2,1-12H3/t15-,16-/m0/s1. The molecule has 10 heteroatoms. The summed E-state index contributed by atoms with van der Waals surface area (Å²) in [5.74, 6) is -0.658. The number of esters is 1. The van der Waals surface area contributed by atoms with Crippen LogP contribution < -0.4 is 0 Å². The topological polar surface area (TPSA) is 112 Å². The van der Waals surface area contributed by atoms with Crippen molar-refractivity contribution in [1.29, 1.82) is 0 Å². The van der Waals surface area contributed by atoms with Crippen LogP contribution in [0.25, 0.3) is 0 Å². The van der Waals surface area contributed by atoms with Crippen molar-refractivity contribution in [2.45, 2.75) is 124 Å². The first kappa shape index (κ1) is 29.5. The molecule has 3 amide bonds. The van der Waals surface area contributed by atoms with E-state index in [9.17, 15) is 19.2 Å². The van der Waals surface area contributed by atoms with Crippen LogP contribution in [0.5, 0.6) is 0 Å². The highest BCUT2D eigenvalue weighted by molar-refractivity contribution is 5.90. The van der Waals surface area contributed by atoms with Crippen LogP contribution in [0.2, 0.25) is 0 Å². The third-order valence-electron chi connectivity index (χ3n) is 4.13. The molecule has 34 heavy (non-hydrogen) atoms. The van der Waals surface area contributed by atoms with Crippen molar-refractivity contribution in [3.8, 4) is 0 Å². The lowest BCUT2D eigenvalue weighted by Gasteiger charge is -2.32. The van der Waals surface area contributed by atoms with Gasteiger partial charge in [-0.3, -0.25) is 4.90 Å². The molecule has 0 saturated carbocycles. The maximum absolute atomic E-state index is 13.0. The molecule has 2 atom stereocenters. The van der Waals surface area contributed by atoms with Gasteiger partial charge in [0.1, 0.15) is 28.4 Å². The molecule has 0 aliphatic carbocycles. The minimum absolute atomic E-state index is 0.0490. The van der Waals surface area contributed by atoms with Gasteiger partial charge >= 0.3 is 24.2 Å². The van der Waals surface area contributed by atoms with Gasteiger partial charge in [-0.25, -0.2) is 24.1 Å². The quantitative estimate of drug-likeness (QED) is 0.401. The second-order valence-corrected chi connectivity index (χ2v) is 12.4. The zero-order valence-corrected chi connectivity index (χ0v) is 22.7. The van der Waals surface area contributed by atoms with E-state index in [1.54, 1.807) is 83.1 Å². The van der Waals surface area contributed by atoms with Gasteiger partial charge in [-0.15, -0.1) is 0 Å². The minimum atomic E-state index is -1.06. The molecule has 0 aromatic rings. The number of ether oxygens (including phenoxy) is 4. The number of rotatable bonds is 2. The SMILES string of the molecule is CC(C)(C)OC(=O)[C@@H]1C[C@H](N(C(=O)OC(C)(C)C)C(=O)OC(C)(C)C)CN1C(=O)OC(C)(C)C. The summed E-state index contributed by atoms with van der Waals surface area (Å²) in [6.45, 7) is 20.1. The fourth-order valence-electron chi connectivity index (χ4n) is 3.11. The van der Waals surface area contributed by atoms with Crippen LogP contribution in [0, 0.1) is 0 Å². The van der Waals surface area contributed by atoms with Crippen LogP contribution in [0.4, 0.5) is 14.4 Å². The van der Waals surface area contributed by atoms with Crippen molar-refractivity contribution in [3.63, 3.8) is 0 Å². The Hall–Kier alpha value is -2.52. The Balaban J connectivity index is 3.37. The first-order valence-electron chi connectivity index (χ1n) is 11.5. The highest BCUT2D eigenvalue weighted by Gasteiger charge is 2.49. The number of carbonyl (C=O) groups is 4. The summed E-state index contributed by atoms with van der Waals surface area (Å²) >= 11 is 0. The molecule has 0 spiro atoms. The highest BCUT2D eigenvalue weighted by Crippen LogP contribution is 2.29. The number of nitrogens with zero attached hydrogens (tertiary/aromatic N) is 2. The molecule has 0 N–H and O–H groups in total. The van der Waals surface area contributed by atoms with E-state index in [4.69, 9.17) is 18.9 Å². The molecular weight excluding hydrogens is 444 g/mol. The minimum Gasteiger partial charge on any atom is -0.458 e. The number of imide groups is 1. The molecule has 0 aromatic carbocycles. The van der Waals surface area contributed by atoms with Crippen molar-refractivity contribution in [3.05, 3.63) is 0 Å². The Bertz CT molecular complexity index is 717. The lowest BCUT2D eigenvalue weighted by atomic mass is 10.1. The van der Waals surface area contributed by atoms with Crippen LogP contribution in [-0.4, -0.2) is 75.1 Å². The molecule has 0 radical (unpaired) electrons. The first-order chi connectivity index (χ1) is 15.0. The molecular formula is C24H42N2O8. The molecule has 0 unspecified atom stereocenters. The molecule has 196 valence electrons. The van der Waals surface area contributed by atoms with E-state index in [2.05, 4.69) is 0 Å². The number of hydrogen-bond acceptors (Lipinski definition) is 8. The fraction of sp³-hybridized carbons (Fsp3) is 0.833. The predicted octanol–water partition coefficient (Wildman–Crippen LogP) is 4.88. The zero-order valence-electron chi connectivity index (χ0n) is 22.7. The molecule has 0 aromatic heterocycles. The van der Waals surface area contributed by atoms with Crippen LogP contribution in [0.15, 0.2) is 0 Å². The highest BCUT2D eigenvalue weighted by atomic mass is 16.6. The van der Waals surface area contributed by atoms with Gasteiger partial charge < -0.3 is 18.9 Å². The maximum atomic E-state index is 13.0. The van der Waals surface area contributed by atoms with E-state index in [-0.39, 0.29) is 13.0 Å². The summed E-state index contributed by atoms with van der Waals surface area (Å²) in [5.41, 5.74) is -3.38. The molecule has 0 bridgehead atoms. The fourth-order valence-corrected chi connectivity index (χ4v) is 3.11. The van der Waals surface area contributed by atoms with Gasteiger partial charge in [-0.05, 0) is 83.1 Å². The summed E-state index contributed by atoms with van der Waals surface area (Å²) < 4.78 is 21.8. The van der Waals surface area contributed by atoms with Crippen LogP contribution in [0.3, 0.4) is 0 Å². The van der Waals surface area contributed by atoms with Crippen molar-refractivity contribution in [1.82, 2.24) is 9.80 Å². The molecule has 1 saturated heterocycles. The number of hydrogen-bond donors (Lipinski definition) is 0. The van der Waals surface area contributed by atoms with E-state index in [1.165, 1.54) is 4.90 Å². The zero-order chi connectivity index (χ0) is 26.9. The molecule has 1 fully saturated rings. The van der Waals surface area contributed by atoms with E-state index < -0.39 is 58.7 Å². The van der Waals surface area contributed by atoms with Gasteiger partial charge in [0.2, 0.25) is 0 Å². The van der Waals surface area contributed by atoms with Gasteiger partial charge in [0, 0.05) is 13.0 Å². The van der Waals surface area contributed by atoms with Crippen LogP contribution >= 0.6 is 0 Å². The summed E-state index contributed by atoms with van der Waals surface area (Å²) in [6, 6.07) is -1.96. The Morgan fingerprint density at radius 2 is 1.03 bits per heavy atom. The molecule has 10 nitrogen and oxygen atoms in total. The van der Waals surface area contributed by atoms with Crippen molar-refractivity contribution < 1.29 is 38.1 Å². The predicted molar refractivity (Wildman–Crippen MR) is 125 cm³/mol. The van der Waals surface area contributed by atoms with Gasteiger partial charge in [0.25, 0.3) is 0 Å². The van der Waals surface area contributed by atoms with Crippen LogP contribution in [-0.2, 0) is 23.7 Å². The second-order valence-electron chi connectivity index (χ2n) is 12.4. The van der Waals surface area contributed by atoms with E-state index in [0.29, 0.717) is 0 Å². The van der Waals surface area contributed by atoms with Gasteiger partial charge in [0.05, 0.1) is 6.04 Å². The number of amides is 3. The van der Waals surface area contributed by atoms with Crippen LogP contribution in [0.1, 0.15) is 89.5 Å². The monoisotopic (exact) mass is 486 g/mol. The molecule has 1 rings (SSSR count). The van der Waals surface area contributed by atoms with Crippen molar-refractivity contribution >= 4 is 24.2 Å². The Kier molecular flexibility index (Phi) is 8.68. The van der Waals surface area contributed by atoms with Gasteiger partial charge in [0.15, 0.2) is 0 Å². The summed E-state index contributed by atoms with van der Waals surface area (Å²) in [7, 11) is 0. The third-order valence-corrected chi connectivity index (χ3v) is 4.13. The molecule has 1 heterocycles.